The number of anilines is 2. The molecule has 0 bridgehead atoms. The highest BCUT2D eigenvalue weighted by Gasteiger charge is 2.41. The van der Waals surface area contributed by atoms with Crippen LogP contribution in [0.5, 0.6) is 5.75 Å². The monoisotopic (exact) mass is 354 g/mol. The molecule has 0 radical (unpaired) electrons. The van der Waals surface area contributed by atoms with E-state index in [1.807, 2.05) is 31.3 Å². The summed E-state index contributed by atoms with van der Waals surface area (Å²) in [4.78, 5) is 13.4. The molecule has 0 amide bonds. The largest absolute Gasteiger partial charge is 0.497 e. The van der Waals surface area contributed by atoms with Crippen molar-refractivity contribution >= 4 is 11.6 Å². The molecular formula is C20H26N4O2. The molecular weight excluding hydrogens is 328 g/mol. The van der Waals surface area contributed by atoms with Crippen molar-refractivity contribution in [2.24, 2.45) is 0 Å². The number of benzene rings is 1. The fraction of sp³-hybridized carbons (Fsp3) is 0.500. The number of hydrogen-bond acceptors (Lipinski definition) is 6. The molecule has 2 aromatic rings. The molecule has 1 aromatic carbocycles. The molecule has 6 heteroatoms. The Morgan fingerprint density at radius 1 is 1.19 bits per heavy atom. The minimum Gasteiger partial charge on any atom is -0.497 e. The molecule has 138 valence electrons. The number of methoxy groups -OCH3 is 1. The summed E-state index contributed by atoms with van der Waals surface area (Å²) in [5.74, 6) is 2.75. The molecule has 2 aliphatic heterocycles. The average Bonchev–Trinajstić information content (AvgIpc) is 2.68. The fourth-order valence-corrected chi connectivity index (χ4v) is 4.01. The Morgan fingerprint density at radius 3 is 2.73 bits per heavy atom. The molecule has 0 N–H and O–H groups in total. The van der Waals surface area contributed by atoms with E-state index in [4.69, 9.17) is 14.5 Å². The summed E-state index contributed by atoms with van der Waals surface area (Å²) < 4.78 is 11.7. The van der Waals surface area contributed by atoms with Crippen molar-refractivity contribution in [2.45, 2.75) is 24.9 Å². The molecule has 0 aliphatic carbocycles. The van der Waals surface area contributed by atoms with Gasteiger partial charge < -0.3 is 19.3 Å². The van der Waals surface area contributed by atoms with Crippen LogP contribution in [0.3, 0.4) is 0 Å². The third kappa shape index (κ3) is 2.98. The molecule has 4 rings (SSSR count). The van der Waals surface area contributed by atoms with Gasteiger partial charge >= 0.3 is 0 Å². The van der Waals surface area contributed by atoms with Gasteiger partial charge in [0.1, 0.15) is 17.4 Å². The molecule has 0 unspecified atom stereocenters. The number of hydrogen-bond donors (Lipinski definition) is 0. The van der Waals surface area contributed by atoms with Crippen LogP contribution in [0.25, 0.3) is 0 Å². The van der Waals surface area contributed by atoms with Gasteiger partial charge in [-0.25, -0.2) is 4.98 Å². The van der Waals surface area contributed by atoms with Gasteiger partial charge in [0, 0.05) is 27.2 Å². The highest BCUT2D eigenvalue weighted by molar-refractivity contribution is 5.46. The molecule has 1 aromatic heterocycles. The van der Waals surface area contributed by atoms with Crippen LogP contribution >= 0.6 is 0 Å². The van der Waals surface area contributed by atoms with E-state index in [1.54, 1.807) is 13.3 Å². The van der Waals surface area contributed by atoms with Crippen molar-refractivity contribution in [3.8, 4) is 5.75 Å². The van der Waals surface area contributed by atoms with Crippen molar-refractivity contribution in [1.82, 2.24) is 9.97 Å². The molecule has 1 spiro atoms. The Morgan fingerprint density at radius 2 is 2.00 bits per heavy atom. The summed E-state index contributed by atoms with van der Waals surface area (Å²) in [5, 5.41) is 0. The minimum absolute atomic E-state index is 0.178. The molecule has 1 fully saturated rings. The van der Waals surface area contributed by atoms with E-state index >= 15 is 0 Å². The number of nitrogens with zero attached hydrogens (tertiary/aromatic N) is 4. The van der Waals surface area contributed by atoms with Crippen molar-refractivity contribution in [3.05, 3.63) is 41.7 Å². The highest BCUT2D eigenvalue weighted by Crippen LogP contribution is 2.43. The fourth-order valence-electron chi connectivity index (χ4n) is 4.01. The zero-order valence-electron chi connectivity index (χ0n) is 15.7. The maximum atomic E-state index is 6.34. The first-order valence-corrected chi connectivity index (χ1v) is 9.17. The van der Waals surface area contributed by atoms with E-state index in [1.165, 1.54) is 11.1 Å². The maximum absolute atomic E-state index is 6.34. The third-order valence-electron chi connectivity index (χ3n) is 5.52. The lowest BCUT2D eigenvalue weighted by atomic mass is 9.79. The number of ether oxygens (including phenoxy) is 2. The second kappa shape index (κ2) is 6.76. The smallest absolute Gasteiger partial charge is 0.149 e. The molecule has 0 atom stereocenters. The number of piperidine rings is 1. The third-order valence-corrected chi connectivity index (χ3v) is 5.52. The molecule has 6 nitrogen and oxygen atoms in total. The molecule has 26 heavy (non-hydrogen) atoms. The highest BCUT2D eigenvalue weighted by atomic mass is 16.5. The van der Waals surface area contributed by atoms with Crippen molar-refractivity contribution in [2.75, 3.05) is 50.7 Å². The van der Waals surface area contributed by atoms with Gasteiger partial charge in [-0.15, -0.1) is 0 Å². The minimum atomic E-state index is -0.178. The van der Waals surface area contributed by atoms with Gasteiger partial charge in [0.05, 0.1) is 31.7 Å². The lowest BCUT2D eigenvalue weighted by Crippen LogP contribution is -2.47. The lowest BCUT2D eigenvalue weighted by Gasteiger charge is -2.45. The SMILES string of the molecule is COc1ccc2c(c1)CCOC21CCN(c2cncc(N(C)C)n2)CC1. The van der Waals surface area contributed by atoms with Crippen LogP contribution in [0.1, 0.15) is 24.0 Å². The van der Waals surface area contributed by atoms with E-state index in [0.29, 0.717) is 0 Å². The number of rotatable bonds is 3. The van der Waals surface area contributed by atoms with Crippen molar-refractivity contribution < 1.29 is 9.47 Å². The molecule has 0 saturated carbocycles. The van der Waals surface area contributed by atoms with Crippen molar-refractivity contribution in [1.29, 1.82) is 0 Å². The second-order valence-corrected chi connectivity index (χ2v) is 7.23. The van der Waals surface area contributed by atoms with Gasteiger partial charge in [0.25, 0.3) is 0 Å². The Hall–Kier alpha value is -2.34. The summed E-state index contributed by atoms with van der Waals surface area (Å²) in [7, 11) is 5.69. The zero-order valence-corrected chi connectivity index (χ0v) is 15.7. The van der Waals surface area contributed by atoms with Crippen LogP contribution in [-0.4, -0.2) is 50.9 Å². The predicted octanol–water partition coefficient (Wildman–Crippen LogP) is 2.62. The zero-order chi connectivity index (χ0) is 18.1. The standard InChI is InChI=1S/C20H26N4O2/c1-23(2)18-13-21-14-19(22-18)24-9-7-20(8-10-24)17-5-4-16(25-3)12-15(17)6-11-26-20/h4-5,12-14H,6-11H2,1-3H3. The Bertz CT molecular complexity index is 785. The Kier molecular flexibility index (Phi) is 4.44. The van der Waals surface area contributed by atoms with E-state index in [0.717, 1.165) is 56.3 Å². The van der Waals surface area contributed by atoms with E-state index < -0.39 is 0 Å². The van der Waals surface area contributed by atoms with Crippen LogP contribution in [-0.2, 0) is 16.8 Å². The lowest BCUT2D eigenvalue weighted by molar-refractivity contribution is -0.0767. The number of fused-ring (bicyclic) bond motifs is 2. The van der Waals surface area contributed by atoms with Gasteiger partial charge in [-0.2, -0.15) is 0 Å². The van der Waals surface area contributed by atoms with Crippen LogP contribution < -0.4 is 14.5 Å². The Labute approximate surface area is 154 Å². The van der Waals surface area contributed by atoms with E-state index in [9.17, 15) is 0 Å². The Balaban J connectivity index is 1.55. The summed E-state index contributed by atoms with van der Waals surface area (Å²) in [6.45, 7) is 2.60. The van der Waals surface area contributed by atoms with Gasteiger partial charge in [0.15, 0.2) is 0 Å². The first-order valence-electron chi connectivity index (χ1n) is 9.17. The summed E-state index contributed by atoms with van der Waals surface area (Å²) in [6.07, 6.45) is 6.52. The molecule has 1 saturated heterocycles. The normalized spacial score (nSPS) is 18.5. The van der Waals surface area contributed by atoms with Crippen LogP contribution in [0, 0.1) is 0 Å². The second-order valence-electron chi connectivity index (χ2n) is 7.23. The maximum Gasteiger partial charge on any atom is 0.149 e. The summed E-state index contributed by atoms with van der Waals surface area (Å²) >= 11 is 0. The van der Waals surface area contributed by atoms with Crippen LogP contribution in [0.15, 0.2) is 30.6 Å². The van der Waals surface area contributed by atoms with Crippen molar-refractivity contribution in [3.63, 3.8) is 0 Å². The predicted molar refractivity (Wildman–Crippen MR) is 102 cm³/mol. The summed E-state index contributed by atoms with van der Waals surface area (Å²) in [5.41, 5.74) is 2.51. The average molecular weight is 354 g/mol. The quantitative estimate of drug-likeness (QED) is 0.845. The van der Waals surface area contributed by atoms with Gasteiger partial charge in [0.2, 0.25) is 0 Å². The summed E-state index contributed by atoms with van der Waals surface area (Å²) in [6, 6.07) is 6.40. The first kappa shape index (κ1) is 17.1. The van der Waals surface area contributed by atoms with Crippen LogP contribution in [0.4, 0.5) is 11.6 Å². The molecule has 2 aliphatic rings. The molecule has 3 heterocycles. The van der Waals surface area contributed by atoms with Gasteiger partial charge in [-0.1, -0.05) is 6.07 Å². The van der Waals surface area contributed by atoms with Gasteiger partial charge in [-0.3, -0.25) is 4.98 Å². The first-order chi connectivity index (χ1) is 12.6. The van der Waals surface area contributed by atoms with Gasteiger partial charge in [-0.05, 0) is 42.5 Å². The van der Waals surface area contributed by atoms with E-state index in [2.05, 4.69) is 22.0 Å². The number of aromatic nitrogens is 2. The topological polar surface area (TPSA) is 50.7 Å². The van der Waals surface area contributed by atoms with E-state index in [-0.39, 0.29) is 5.60 Å². The van der Waals surface area contributed by atoms with Crippen LogP contribution in [0.2, 0.25) is 0 Å².